The van der Waals surface area contributed by atoms with Crippen molar-refractivity contribution in [2.75, 3.05) is 6.54 Å². The van der Waals surface area contributed by atoms with Crippen molar-refractivity contribution >= 4 is 32.9 Å². The van der Waals surface area contributed by atoms with Gasteiger partial charge in [-0.05, 0) is 23.6 Å². The molecule has 0 aliphatic heterocycles. The standard InChI is InChI=1S/C12H17BrN2S/c1-9(2)7-15-12(14)16-8-10-3-5-11(13)6-4-10/h3-6,9H,7-8H2,1-2H3,(H2,14,15). The van der Waals surface area contributed by atoms with Gasteiger partial charge in [-0.25, -0.2) is 0 Å². The van der Waals surface area contributed by atoms with E-state index in [4.69, 9.17) is 5.73 Å². The van der Waals surface area contributed by atoms with Gasteiger partial charge >= 0.3 is 0 Å². The van der Waals surface area contributed by atoms with Crippen LogP contribution in [0.4, 0.5) is 0 Å². The minimum atomic E-state index is 0.562. The monoisotopic (exact) mass is 300 g/mol. The predicted octanol–water partition coefficient (Wildman–Crippen LogP) is 3.65. The molecule has 0 amide bonds. The lowest BCUT2D eigenvalue weighted by molar-refractivity contribution is 0.666. The second-order valence-corrected chi connectivity index (χ2v) is 5.90. The molecule has 0 aliphatic carbocycles. The van der Waals surface area contributed by atoms with E-state index in [1.807, 2.05) is 12.1 Å². The first-order valence-corrected chi connectivity index (χ1v) is 7.03. The zero-order chi connectivity index (χ0) is 12.0. The number of thioether (sulfide) groups is 1. The highest BCUT2D eigenvalue weighted by Crippen LogP contribution is 2.15. The molecule has 0 fully saturated rings. The number of rotatable bonds is 4. The minimum Gasteiger partial charge on any atom is -0.379 e. The van der Waals surface area contributed by atoms with Crippen LogP contribution in [-0.4, -0.2) is 11.7 Å². The third kappa shape index (κ3) is 5.56. The van der Waals surface area contributed by atoms with Crippen LogP contribution in [0.2, 0.25) is 0 Å². The van der Waals surface area contributed by atoms with Gasteiger partial charge in [-0.3, -0.25) is 4.99 Å². The van der Waals surface area contributed by atoms with Crippen molar-refractivity contribution in [1.82, 2.24) is 0 Å². The van der Waals surface area contributed by atoms with Gasteiger partial charge in [0.2, 0.25) is 0 Å². The zero-order valence-electron chi connectivity index (χ0n) is 9.61. The van der Waals surface area contributed by atoms with Gasteiger partial charge in [0, 0.05) is 16.8 Å². The van der Waals surface area contributed by atoms with E-state index in [1.165, 1.54) is 5.56 Å². The van der Waals surface area contributed by atoms with Gasteiger partial charge in [0.25, 0.3) is 0 Å². The van der Waals surface area contributed by atoms with Crippen molar-refractivity contribution in [3.05, 3.63) is 34.3 Å². The Morgan fingerprint density at radius 3 is 2.56 bits per heavy atom. The fourth-order valence-electron chi connectivity index (χ4n) is 1.06. The van der Waals surface area contributed by atoms with Crippen molar-refractivity contribution < 1.29 is 0 Å². The molecule has 1 aromatic rings. The summed E-state index contributed by atoms with van der Waals surface area (Å²) in [6.07, 6.45) is 0. The molecule has 0 aliphatic rings. The van der Waals surface area contributed by atoms with Crippen LogP contribution in [0.25, 0.3) is 0 Å². The summed E-state index contributed by atoms with van der Waals surface area (Å²) in [7, 11) is 0. The third-order valence-corrected chi connectivity index (χ3v) is 3.34. The topological polar surface area (TPSA) is 38.4 Å². The van der Waals surface area contributed by atoms with E-state index in [2.05, 4.69) is 46.9 Å². The number of nitrogens with zero attached hydrogens (tertiary/aromatic N) is 1. The van der Waals surface area contributed by atoms with Gasteiger partial charge in [-0.2, -0.15) is 0 Å². The fourth-order valence-corrected chi connectivity index (χ4v) is 1.99. The molecule has 0 aromatic heterocycles. The highest BCUT2D eigenvalue weighted by molar-refractivity contribution is 9.10. The predicted molar refractivity (Wildman–Crippen MR) is 76.8 cm³/mol. The maximum Gasteiger partial charge on any atom is 0.154 e. The van der Waals surface area contributed by atoms with Gasteiger partial charge in [-0.1, -0.05) is 53.7 Å². The summed E-state index contributed by atoms with van der Waals surface area (Å²) in [5.41, 5.74) is 7.06. The average molecular weight is 301 g/mol. The molecule has 1 aromatic carbocycles. The number of hydrogen-bond acceptors (Lipinski definition) is 2. The lowest BCUT2D eigenvalue weighted by Gasteiger charge is -2.03. The molecule has 4 heteroatoms. The number of benzene rings is 1. The largest absolute Gasteiger partial charge is 0.379 e. The quantitative estimate of drug-likeness (QED) is 0.681. The smallest absolute Gasteiger partial charge is 0.154 e. The van der Waals surface area contributed by atoms with E-state index in [0.717, 1.165) is 16.8 Å². The Hall–Kier alpha value is -0.480. The Bertz CT molecular complexity index is 347. The van der Waals surface area contributed by atoms with Crippen LogP contribution in [0.3, 0.4) is 0 Å². The van der Waals surface area contributed by atoms with Crippen molar-refractivity contribution in [1.29, 1.82) is 0 Å². The number of nitrogens with two attached hydrogens (primary N) is 1. The lowest BCUT2D eigenvalue weighted by atomic mass is 10.2. The van der Waals surface area contributed by atoms with E-state index >= 15 is 0 Å². The molecule has 0 heterocycles. The molecule has 88 valence electrons. The number of halogens is 1. The van der Waals surface area contributed by atoms with Gasteiger partial charge in [0.05, 0.1) is 0 Å². The van der Waals surface area contributed by atoms with Crippen LogP contribution in [0.5, 0.6) is 0 Å². The van der Waals surface area contributed by atoms with Crippen molar-refractivity contribution in [3.8, 4) is 0 Å². The van der Waals surface area contributed by atoms with Gasteiger partial charge in [0.15, 0.2) is 5.17 Å². The molecular formula is C12H17BrN2S. The number of aliphatic imine (C=N–C) groups is 1. The van der Waals surface area contributed by atoms with Gasteiger partial charge in [-0.15, -0.1) is 0 Å². The van der Waals surface area contributed by atoms with Crippen LogP contribution in [0.15, 0.2) is 33.7 Å². The van der Waals surface area contributed by atoms with E-state index in [9.17, 15) is 0 Å². The summed E-state index contributed by atoms with van der Waals surface area (Å²) in [6.45, 7) is 5.07. The minimum absolute atomic E-state index is 0.562. The average Bonchev–Trinajstić information content (AvgIpc) is 2.25. The molecule has 16 heavy (non-hydrogen) atoms. The van der Waals surface area contributed by atoms with Crippen LogP contribution >= 0.6 is 27.7 Å². The SMILES string of the molecule is CC(C)CN=C(N)SCc1ccc(Br)cc1. The summed E-state index contributed by atoms with van der Waals surface area (Å²) in [5, 5.41) is 0.677. The maximum atomic E-state index is 5.80. The molecule has 1 rings (SSSR count). The summed E-state index contributed by atoms with van der Waals surface area (Å²) >= 11 is 5.00. The molecule has 0 saturated carbocycles. The van der Waals surface area contributed by atoms with Gasteiger partial charge in [0.1, 0.15) is 0 Å². The Balaban J connectivity index is 2.39. The first-order valence-electron chi connectivity index (χ1n) is 5.25. The van der Waals surface area contributed by atoms with E-state index in [0.29, 0.717) is 11.1 Å². The molecule has 0 unspecified atom stereocenters. The fraction of sp³-hybridized carbons (Fsp3) is 0.417. The Morgan fingerprint density at radius 1 is 1.38 bits per heavy atom. The number of amidine groups is 1. The molecule has 2 nitrogen and oxygen atoms in total. The Kier molecular flexibility index (Phi) is 5.91. The molecule has 0 atom stereocenters. The highest BCUT2D eigenvalue weighted by atomic mass is 79.9. The van der Waals surface area contributed by atoms with E-state index < -0.39 is 0 Å². The maximum absolute atomic E-state index is 5.80. The first kappa shape index (κ1) is 13.6. The van der Waals surface area contributed by atoms with Crippen LogP contribution < -0.4 is 5.73 Å². The molecule has 0 spiro atoms. The van der Waals surface area contributed by atoms with Crippen LogP contribution in [0.1, 0.15) is 19.4 Å². The van der Waals surface area contributed by atoms with E-state index in [1.54, 1.807) is 11.8 Å². The molecular weight excluding hydrogens is 284 g/mol. The summed E-state index contributed by atoms with van der Waals surface area (Å²) in [6, 6.07) is 8.26. The highest BCUT2D eigenvalue weighted by Gasteiger charge is 1.98. The second kappa shape index (κ2) is 6.97. The lowest BCUT2D eigenvalue weighted by Crippen LogP contribution is -2.09. The molecule has 0 saturated heterocycles. The number of hydrogen-bond donors (Lipinski definition) is 1. The van der Waals surface area contributed by atoms with Crippen LogP contribution in [-0.2, 0) is 5.75 Å². The zero-order valence-corrected chi connectivity index (χ0v) is 12.0. The van der Waals surface area contributed by atoms with Crippen LogP contribution in [0, 0.1) is 5.92 Å². The Labute approximate surface area is 110 Å². The Morgan fingerprint density at radius 2 is 2.00 bits per heavy atom. The van der Waals surface area contributed by atoms with Crippen molar-refractivity contribution in [3.63, 3.8) is 0 Å². The molecule has 0 radical (unpaired) electrons. The summed E-state index contributed by atoms with van der Waals surface area (Å²) < 4.78 is 1.10. The van der Waals surface area contributed by atoms with Gasteiger partial charge < -0.3 is 5.73 Å². The first-order chi connectivity index (χ1) is 7.58. The van der Waals surface area contributed by atoms with Crippen molar-refractivity contribution in [2.45, 2.75) is 19.6 Å². The normalized spacial score (nSPS) is 12.1. The summed E-state index contributed by atoms with van der Waals surface area (Å²) in [4.78, 5) is 4.30. The third-order valence-electron chi connectivity index (χ3n) is 1.91. The summed E-state index contributed by atoms with van der Waals surface area (Å²) in [5.74, 6) is 1.44. The molecule has 0 bridgehead atoms. The van der Waals surface area contributed by atoms with E-state index in [-0.39, 0.29) is 0 Å². The molecule has 2 N–H and O–H groups in total. The second-order valence-electron chi connectivity index (χ2n) is 3.99. The van der Waals surface area contributed by atoms with Crippen molar-refractivity contribution in [2.24, 2.45) is 16.6 Å².